The van der Waals surface area contributed by atoms with E-state index in [-0.39, 0.29) is 5.41 Å². The van der Waals surface area contributed by atoms with Crippen LogP contribution in [0.25, 0.3) is 0 Å². The van der Waals surface area contributed by atoms with Gasteiger partial charge in [-0.1, -0.05) is 59.6 Å². The SMILES string of the molecule is Cc1ccccc1C1(Cc2cccc(Cl)c2Cl)CNC1. The minimum Gasteiger partial charge on any atom is -0.315 e. The van der Waals surface area contributed by atoms with Crippen molar-refractivity contribution in [2.24, 2.45) is 0 Å². The Labute approximate surface area is 129 Å². The van der Waals surface area contributed by atoms with Gasteiger partial charge in [-0.2, -0.15) is 0 Å². The van der Waals surface area contributed by atoms with Crippen LogP contribution in [0.4, 0.5) is 0 Å². The Kier molecular flexibility index (Phi) is 3.76. The molecule has 2 aromatic rings. The van der Waals surface area contributed by atoms with E-state index in [0.29, 0.717) is 10.0 Å². The van der Waals surface area contributed by atoms with E-state index in [1.807, 2.05) is 12.1 Å². The Morgan fingerprint density at radius 3 is 2.45 bits per heavy atom. The van der Waals surface area contributed by atoms with Crippen LogP contribution in [0.1, 0.15) is 16.7 Å². The lowest BCUT2D eigenvalue weighted by Gasteiger charge is -2.44. The quantitative estimate of drug-likeness (QED) is 0.887. The van der Waals surface area contributed by atoms with E-state index in [4.69, 9.17) is 23.2 Å². The van der Waals surface area contributed by atoms with Gasteiger partial charge in [0, 0.05) is 18.5 Å². The van der Waals surface area contributed by atoms with Crippen molar-refractivity contribution < 1.29 is 0 Å². The maximum absolute atomic E-state index is 6.36. The van der Waals surface area contributed by atoms with Gasteiger partial charge in [-0.05, 0) is 36.1 Å². The summed E-state index contributed by atoms with van der Waals surface area (Å²) < 4.78 is 0. The lowest BCUT2D eigenvalue weighted by atomic mass is 9.69. The first-order chi connectivity index (χ1) is 9.62. The van der Waals surface area contributed by atoms with Crippen LogP contribution in [0.2, 0.25) is 10.0 Å². The molecule has 0 bridgehead atoms. The number of aryl methyl sites for hydroxylation is 1. The topological polar surface area (TPSA) is 12.0 Å². The standard InChI is InChI=1S/C17H17Cl2N/c1-12-5-2-3-7-14(12)17(10-20-11-17)9-13-6-4-8-15(18)16(13)19/h2-8,20H,9-11H2,1H3. The van der Waals surface area contributed by atoms with E-state index in [9.17, 15) is 0 Å². The average molecular weight is 306 g/mol. The van der Waals surface area contributed by atoms with Crippen molar-refractivity contribution in [1.82, 2.24) is 5.32 Å². The summed E-state index contributed by atoms with van der Waals surface area (Å²) in [5.74, 6) is 0. The third kappa shape index (κ3) is 2.35. The molecule has 1 saturated heterocycles. The zero-order valence-corrected chi connectivity index (χ0v) is 12.9. The van der Waals surface area contributed by atoms with Crippen LogP contribution in [0, 0.1) is 6.92 Å². The number of rotatable bonds is 3. The zero-order valence-electron chi connectivity index (χ0n) is 11.4. The lowest BCUT2D eigenvalue weighted by Crippen LogP contribution is -2.58. The fraction of sp³-hybridized carbons (Fsp3) is 0.294. The van der Waals surface area contributed by atoms with E-state index in [2.05, 4.69) is 42.6 Å². The van der Waals surface area contributed by atoms with Gasteiger partial charge in [-0.25, -0.2) is 0 Å². The fourth-order valence-electron chi connectivity index (χ4n) is 3.05. The molecule has 0 aromatic heterocycles. The van der Waals surface area contributed by atoms with Crippen LogP contribution in [0.15, 0.2) is 42.5 Å². The smallest absolute Gasteiger partial charge is 0.0624 e. The maximum Gasteiger partial charge on any atom is 0.0624 e. The van der Waals surface area contributed by atoms with E-state index < -0.39 is 0 Å². The van der Waals surface area contributed by atoms with Crippen molar-refractivity contribution in [2.45, 2.75) is 18.8 Å². The highest BCUT2D eigenvalue weighted by atomic mass is 35.5. The summed E-state index contributed by atoms with van der Waals surface area (Å²) in [6.45, 7) is 4.15. The average Bonchev–Trinajstić information content (AvgIpc) is 2.40. The molecule has 1 aliphatic heterocycles. The molecule has 0 spiro atoms. The summed E-state index contributed by atoms with van der Waals surface area (Å²) in [5, 5.41) is 4.73. The lowest BCUT2D eigenvalue weighted by molar-refractivity contribution is 0.273. The van der Waals surface area contributed by atoms with Crippen molar-refractivity contribution >= 4 is 23.2 Å². The van der Waals surface area contributed by atoms with Crippen LogP contribution < -0.4 is 5.32 Å². The molecule has 0 atom stereocenters. The third-order valence-corrected chi connectivity index (χ3v) is 5.06. The summed E-state index contributed by atoms with van der Waals surface area (Å²) in [7, 11) is 0. The summed E-state index contributed by atoms with van der Waals surface area (Å²) in [6, 6.07) is 14.5. The monoisotopic (exact) mass is 305 g/mol. The van der Waals surface area contributed by atoms with Crippen molar-refractivity contribution in [1.29, 1.82) is 0 Å². The molecule has 0 radical (unpaired) electrons. The van der Waals surface area contributed by atoms with Gasteiger partial charge in [0.15, 0.2) is 0 Å². The molecule has 0 saturated carbocycles. The van der Waals surface area contributed by atoms with E-state index in [1.165, 1.54) is 11.1 Å². The van der Waals surface area contributed by atoms with Gasteiger partial charge in [0.2, 0.25) is 0 Å². The Morgan fingerprint density at radius 2 is 1.80 bits per heavy atom. The second kappa shape index (κ2) is 5.40. The van der Waals surface area contributed by atoms with Gasteiger partial charge >= 0.3 is 0 Å². The van der Waals surface area contributed by atoms with Gasteiger partial charge in [0.1, 0.15) is 0 Å². The summed E-state index contributed by atoms with van der Waals surface area (Å²) >= 11 is 12.5. The third-order valence-electron chi connectivity index (χ3n) is 4.20. The summed E-state index contributed by atoms with van der Waals surface area (Å²) in [5.41, 5.74) is 4.02. The van der Waals surface area contributed by atoms with Gasteiger partial charge in [0.25, 0.3) is 0 Å². The Bertz CT molecular complexity index is 633. The van der Waals surface area contributed by atoms with Crippen LogP contribution >= 0.6 is 23.2 Å². The fourth-order valence-corrected chi connectivity index (χ4v) is 3.44. The van der Waals surface area contributed by atoms with Gasteiger partial charge in [-0.15, -0.1) is 0 Å². The molecule has 2 aromatic carbocycles. The second-order valence-electron chi connectivity index (χ2n) is 5.59. The molecular formula is C17H17Cl2N. The molecule has 3 heteroatoms. The molecule has 1 N–H and O–H groups in total. The number of nitrogens with one attached hydrogen (secondary N) is 1. The highest BCUT2D eigenvalue weighted by Crippen LogP contribution is 2.37. The highest BCUT2D eigenvalue weighted by Gasteiger charge is 2.40. The van der Waals surface area contributed by atoms with Gasteiger partial charge in [0.05, 0.1) is 10.0 Å². The zero-order chi connectivity index (χ0) is 14.2. The van der Waals surface area contributed by atoms with Crippen LogP contribution in [-0.2, 0) is 11.8 Å². The normalized spacial score (nSPS) is 16.8. The first kappa shape index (κ1) is 13.9. The molecule has 0 unspecified atom stereocenters. The maximum atomic E-state index is 6.36. The van der Waals surface area contributed by atoms with E-state index in [1.54, 1.807) is 0 Å². The number of halogens is 2. The molecule has 0 aliphatic carbocycles. The largest absolute Gasteiger partial charge is 0.315 e. The van der Waals surface area contributed by atoms with E-state index in [0.717, 1.165) is 25.1 Å². The minimum absolute atomic E-state index is 0.139. The second-order valence-corrected chi connectivity index (χ2v) is 6.37. The summed E-state index contributed by atoms with van der Waals surface area (Å²) in [6.07, 6.45) is 0.921. The molecule has 3 rings (SSSR count). The number of hydrogen-bond acceptors (Lipinski definition) is 1. The molecule has 0 amide bonds. The minimum atomic E-state index is 0.139. The van der Waals surface area contributed by atoms with Crippen molar-refractivity contribution in [3.63, 3.8) is 0 Å². The molecule has 1 fully saturated rings. The summed E-state index contributed by atoms with van der Waals surface area (Å²) in [4.78, 5) is 0. The van der Waals surface area contributed by atoms with Gasteiger partial charge in [-0.3, -0.25) is 0 Å². The van der Waals surface area contributed by atoms with Crippen LogP contribution in [0.5, 0.6) is 0 Å². The highest BCUT2D eigenvalue weighted by molar-refractivity contribution is 6.42. The van der Waals surface area contributed by atoms with Crippen molar-refractivity contribution in [3.8, 4) is 0 Å². The van der Waals surface area contributed by atoms with Crippen molar-refractivity contribution in [2.75, 3.05) is 13.1 Å². The Hall–Kier alpha value is -1.02. The van der Waals surface area contributed by atoms with Gasteiger partial charge < -0.3 is 5.32 Å². The Balaban J connectivity index is 1.99. The van der Waals surface area contributed by atoms with E-state index >= 15 is 0 Å². The molecule has 1 nitrogen and oxygen atoms in total. The molecule has 1 heterocycles. The molecule has 1 aliphatic rings. The predicted octanol–water partition coefficient (Wildman–Crippen LogP) is 4.39. The number of hydrogen-bond donors (Lipinski definition) is 1. The first-order valence-electron chi connectivity index (χ1n) is 6.82. The molecule has 20 heavy (non-hydrogen) atoms. The first-order valence-corrected chi connectivity index (χ1v) is 7.58. The molecule has 104 valence electrons. The van der Waals surface area contributed by atoms with Crippen LogP contribution in [-0.4, -0.2) is 13.1 Å². The number of benzene rings is 2. The molecular weight excluding hydrogens is 289 g/mol. The Morgan fingerprint density at radius 1 is 1.05 bits per heavy atom. The predicted molar refractivity (Wildman–Crippen MR) is 85.9 cm³/mol. The van der Waals surface area contributed by atoms with Crippen molar-refractivity contribution in [3.05, 3.63) is 69.2 Å². The van der Waals surface area contributed by atoms with Crippen LogP contribution in [0.3, 0.4) is 0 Å².